The Morgan fingerprint density at radius 3 is 2.33 bits per heavy atom. The quantitative estimate of drug-likeness (QED) is 0.652. The summed E-state index contributed by atoms with van der Waals surface area (Å²) in [5.74, 6) is -1.43. The number of hydrogen-bond donors (Lipinski definition) is 1. The van der Waals surface area contributed by atoms with Gasteiger partial charge in [0.15, 0.2) is 0 Å². The van der Waals surface area contributed by atoms with Crippen LogP contribution in [0.1, 0.15) is 10.4 Å². The Kier molecular flexibility index (Phi) is 4.67. The van der Waals surface area contributed by atoms with E-state index in [4.69, 9.17) is 5.11 Å². The predicted octanol–water partition coefficient (Wildman–Crippen LogP) is 2.21. The van der Waals surface area contributed by atoms with Crippen LogP contribution in [-0.2, 0) is 10.0 Å². The van der Waals surface area contributed by atoms with Gasteiger partial charge in [0.05, 0.1) is 9.82 Å². The maximum absolute atomic E-state index is 12.4. The van der Waals surface area contributed by atoms with Crippen molar-refractivity contribution >= 4 is 21.7 Å². The van der Waals surface area contributed by atoms with E-state index in [0.717, 1.165) is 16.4 Å². The molecule has 2 aromatic rings. The van der Waals surface area contributed by atoms with Crippen LogP contribution in [0.5, 0.6) is 0 Å². The lowest BCUT2D eigenvalue weighted by molar-refractivity contribution is -0.385. The normalized spacial score (nSPS) is 11.5. The first-order valence-corrected chi connectivity index (χ1v) is 8.14. The number of benzene rings is 2. The molecular weight excluding hydrogens is 336 g/mol. The number of nitrogens with zero attached hydrogens (tertiary/aromatic N) is 2. The zero-order valence-electron chi connectivity index (χ0n) is 12.8. The number of nitro groups is 1. The van der Waals surface area contributed by atoms with E-state index in [1.165, 1.54) is 32.3 Å². The summed E-state index contributed by atoms with van der Waals surface area (Å²) in [5, 5.41) is 20.1. The first-order chi connectivity index (χ1) is 11.2. The van der Waals surface area contributed by atoms with Crippen molar-refractivity contribution in [3.63, 3.8) is 0 Å². The summed E-state index contributed by atoms with van der Waals surface area (Å²) in [7, 11) is -1.01. The summed E-state index contributed by atoms with van der Waals surface area (Å²) in [5.41, 5.74) is -0.562. The first kappa shape index (κ1) is 17.6. The SMILES string of the molecule is CN(C)S(=O)(=O)c1ccccc1-c1ccc(C(=O)O)c([N+](=O)[O-])c1. The molecule has 0 saturated heterocycles. The average Bonchev–Trinajstić information content (AvgIpc) is 2.53. The van der Waals surface area contributed by atoms with Gasteiger partial charge < -0.3 is 5.11 Å². The van der Waals surface area contributed by atoms with Gasteiger partial charge in [-0.1, -0.05) is 24.3 Å². The van der Waals surface area contributed by atoms with E-state index in [0.29, 0.717) is 0 Å². The van der Waals surface area contributed by atoms with Gasteiger partial charge >= 0.3 is 5.97 Å². The molecule has 0 atom stereocenters. The number of carboxylic acids is 1. The summed E-state index contributed by atoms with van der Waals surface area (Å²) in [6.45, 7) is 0. The number of carboxylic acid groups (broad SMARTS) is 1. The van der Waals surface area contributed by atoms with Crippen LogP contribution in [0.15, 0.2) is 47.4 Å². The topological polar surface area (TPSA) is 118 Å². The Bertz CT molecular complexity index is 921. The molecule has 9 heteroatoms. The molecule has 0 aliphatic rings. The molecular formula is C15H14N2O6S. The smallest absolute Gasteiger partial charge is 0.342 e. The Hall–Kier alpha value is -2.78. The van der Waals surface area contributed by atoms with Gasteiger partial charge in [0.25, 0.3) is 5.69 Å². The van der Waals surface area contributed by atoms with Crippen LogP contribution in [0.3, 0.4) is 0 Å². The number of carbonyl (C=O) groups is 1. The number of hydrogen-bond acceptors (Lipinski definition) is 5. The molecule has 0 spiro atoms. The third-order valence-electron chi connectivity index (χ3n) is 3.38. The Labute approximate surface area is 138 Å². The fraction of sp³-hybridized carbons (Fsp3) is 0.133. The molecule has 0 heterocycles. The highest BCUT2D eigenvalue weighted by atomic mass is 32.2. The zero-order chi connectivity index (χ0) is 18.1. The molecule has 0 aromatic heterocycles. The molecule has 0 aliphatic heterocycles. The highest BCUT2D eigenvalue weighted by Crippen LogP contribution is 2.32. The van der Waals surface area contributed by atoms with Crippen molar-refractivity contribution in [3.05, 3.63) is 58.1 Å². The van der Waals surface area contributed by atoms with Crippen LogP contribution in [0.25, 0.3) is 11.1 Å². The lowest BCUT2D eigenvalue weighted by Gasteiger charge is -2.15. The first-order valence-electron chi connectivity index (χ1n) is 6.70. The van der Waals surface area contributed by atoms with E-state index < -0.39 is 32.2 Å². The summed E-state index contributed by atoms with van der Waals surface area (Å²) < 4.78 is 25.9. The van der Waals surface area contributed by atoms with Crippen LogP contribution in [0, 0.1) is 10.1 Å². The fourth-order valence-corrected chi connectivity index (χ4v) is 3.27. The van der Waals surface area contributed by atoms with Crippen molar-refractivity contribution in [3.8, 4) is 11.1 Å². The summed E-state index contributed by atoms with van der Waals surface area (Å²) in [6.07, 6.45) is 0. The Morgan fingerprint density at radius 2 is 1.79 bits per heavy atom. The Balaban J connectivity index is 2.73. The highest BCUT2D eigenvalue weighted by molar-refractivity contribution is 7.89. The lowest BCUT2D eigenvalue weighted by Crippen LogP contribution is -2.22. The molecule has 2 aromatic carbocycles. The minimum atomic E-state index is -3.77. The average molecular weight is 350 g/mol. The third kappa shape index (κ3) is 3.12. The maximum atomic E-state index is 12.4. The van der Waals surface area contributed by atoms with Crippen molar-refractivity contribution in [1.82, 2.24) is 4.31 Å². The standard InChI is InChI=1S/C15H14N2O6S/c1-16(2)24(22,23)14-6-4-3-5-11(14)10-7-8-12(15(18)19)13(9-10)17(20)21/h3-9H,1-2H3,(H,18,19). The molecule has 0 fully saturated rings. The molecule has 1 N–H and O–H groups in total. The number of nitro benzene ring substituents is 1. The van der Waals surface area contributed by atoms with E-state index in [9.17, 15) is 23.3 Å². The molecule has 0 radical (unpaired) electrons. The third-order valence-corrected chi connectivity index (χ3v) is 5.25. The van der Waals surface area contributed by atoms with Crippen molar-refractivity contribution < 1.29 is 23.2 Å². The van der Waals surface area contributed by atoms with E-state index in [1.807, 2.05) is 0 Å². The van der Waals surface area contributed by atoms with Crippen LogP contribution < -0.4 is 0 Å². The summed E-state index contributed by atoms with van der Waals surface area (Å²) in [4.78, 5) is 21.4. The van der Waals surface area contributed by atoms with Crippen LogP contribution in [-0.4, -0.2) is 42.8 Å². The molecule has 0 unspecified atom stereocenters. The Morgan fingerprint density at radius 1 is 1.17 bits per heavy atom. The number of rotatable bonds is 5. The van der Waals surface area contributed by atoms with Gasteiger partial charge in [-0.25, -0.2) is 17.5 Å². The van der Waals surface area contributed by atoms with Gasteiger partial charge in [-0.3, -0.25) is 10.1 Å². The predicted molar refractivity (Wildman–Crippen MR) is 86.4 cm³/mol. The van der Waals surface area contributed by atoms with E-state index in [2.05, 4.69) is 0 Å². The van der Waals surface area contributed by atoms with E-state index in [-0.39, 0.29) is 16.0 Å². The molecule has 24 heavy (non-hydrogen) atoms. The molecule has 8 nitrogen and oxygen atoms in total. The summed E-state index contributed by atoms with van der Waals surface area (Å²) in [6, 6.07) is 9.54. The van der Waals surface area contributed by atoms with Crippen molar-refractivity contribution in [1.29, 1.82) is 0 Å². The van der Waals surface area contributed by atoms with Crippen molar-refractivity contribution in [2.45, 2.75) is 4.90 Å². The van der Waals surface area contributed by atoms with E-state index in [1.54, 1.807) is 12.1 Å². The molecule has 0 saturated carbocycles. The second-order valence-corrected chi connectivity index (χ2v) is 7.20. The molecule has 0 bridgehead atoms. The molecule has 126 valence electrons. The molecule has 0 amide bonds. The minimum Gasteiger partial charge on any atom is -0.477 e. The van der Waals surface area contributed by atoms with Gasteiger partial charge in [-0.05, 0) is 17.7 Å². The number of sulfonamides is 1. The zero-order valence-corrected chi connectivity index (χ0v) is 13.6. The monoisotopic (exact) mass is 350 g/mol. The number of aromatic carboxylic acids is 1. The second kappa shape index (κ2) is 6.38. The van der Waals surface area contributed by atoms with Crippen LogP contribution >= 0.6 is 0 Å². The van der Waals surface area contributed by atoms with E-state index >= 15 is 0 Å². The summed E-state index contributed by atoms with van der Waals surface area (Å²) >= 11 is 0. The van der Waals surface area contributed by atoms with Crippen molar-refractivity contribution in [2.75, 3.05) is 14.1 Å². The molecule has 0 aliphatic carbocycles. The van der Waals surface area contributed by atoms with Gasteiger partial charge in [0, 0.05) is 25.7 Å². The van der Waals surface area contributed by atoms with Crippen molar-refractivity contribution in [2.24, 2.45) is 0 Å². The van der Waals surface area contributed by atoms with Crippen LogP contribution in [0.2, 0.25) is 0 Å². The van der Waals surface area contributed by atoms with Gasteiger partial charge in [0.2, 0.25) is 10.0 Å². The minimum absolute atomic E-state index is 0.0210. The maximum Gasteiger partial charge on any atom is 0.342 e. The largest absolute Gasteiger partial charge is 0.477 e. The highest BCUT2D eigenvalue weighted by Gasteiger charge is 2.25. The van der Waals surface area contributed by atoms with Gasteiger partial charge in [-0.2, -0.15) is 0 Å². The fourth-order valence-electron chi connectivity index (χ4n) is 2.16. The van der Waals surface area contributed by atoms with Gasteiger partial charge in [0.1, 0.15) is 5.56 Å². The lowest BCUT2D eigenvalue weighted by atomic mass is 10.0. The van der Waals surface area contributed by atoms with Gasteiger partial charge in [-0.15, -0.1) is 0 Å². The second-order valence-electron chi connectivity index (χ2n) is 5.08. The molecule has 2 rings (SSSR count). The van der Waals surface area contributed by atoms with Crippen LogP contribution in [0.4, 0.5) is 5.69 Å².